The van der Waals surface area contributed by atoms with Crippen LogP contribution in [-0.2, 0) is 4.79 Å². The fourth-order valence-electron chi connectivity index (χ4n) is 2.89. The molecule has 0 aromatic carbocycles. The van der Waals surface area contributed by atoms with Crippen molar-refractivity contribution in [1.82, 2.24) is 4.90 Å². The SMILES string of the molecule is CC(C)CN(C(=O)CC1(N)CCCC1)C1CC1. The summed E-state index contributed by atoms with van der Waals surface area (Å²) in [7, 11) is 0. The minimum Gasteiger partial charge on any atom is -0.339 e. The van der Waals surface area contributed by atoms with Gasteiger partial charge in [-0.05, 0) is 31.6 Å². The van der Waals surface area contributed by atoms with Gasteiger partial charge in [0.25, 0.3) is 0 Å². The van der Waals surface area contributed by atoms with Crippen molar-refractivity contribution in [3.63, 3.8) is 0 Å². The van der Waals surface area contributed by atoms with Gasteiger partial charge in [0.1, 0.15) is 0 Å². The molecule has 1 amide bonds. The summed E-state index contributed by atoms with van der Waals surface area (Å²) >= 11 is 0. The smallest absolute Gasteiger partial charge is 0.224 e. The van der Waals surface area contributed by atoms with Crippen molar-refractivity contribution in [2.45, 2.75) is 70.4 Å². The number of rotatable bonds is 5. The van der Waals surface area contributed by atoms with Crippen LogP contribution in [-0.4, -0.2) is 28.9 Å². The Bertz CT molecular complexity index is 278. The molecule has 0 aromatic rings. The number of carbonyl (C=O) groups excluding carboxylic acids is 1. The van der Waals surface area contributed by atoms with E-state index in [2.05, 4.69) is 18.7 Å². The van der Waals surface area contributed by atoms with E-state index in [-0.39, 0.29) is 5.54 Å². The van der Waals surface area contributed by atoms with Crippen LogP contribution in [0.1, 0.15) is 58.8 Å². The van der Waals surface area contributed by atoms with Gasteiger partial charge in [0.05, 0.1) is 0 Å². The Labute approximate surface area is 105 Å². The van der Waals surface area contributed by atoms with Gasteiger partial charge in [-0.1, -0.05) is 26.7 Å². The van der Waals surface area contributed by atoms with Crippen molar-refractivity contribution in [1.29, 1.82) is 0 Å². The molecule has 3 nitrogen and oxygen atoms in total. The topological polar surface area (TPSA) is 46.3 Å². The normalized spacial score (nSPS) is 23.1. The lowest BCUT2D eigenvalue weighted by Crippen LogP contribution is -2.45. The van der Waals surface area contributed by atoms with E-state index in [4.69, 9.17) is 5.73 Å². The van der Waals surface area contributed by atoms with Gasteiger partial charge in [0.2, 0.25) is 5.91 Å². The molecule has 2 saturated carbocycles. The predicted octanol–water partition coefficient (Wildman–Crippen LogP) is 2.29. The molecule has 3 heteroatoms. The fourth-order valence-corrected chi connectivity index (χ4v) is 2.89. The van der Waals surface area contributed by atoms with Gasteiger partial charge in [0, 0.05) is 24.5 Å². The summed E-state index contributed by atoms with van der Waals surface area (Å²) < 4.78 is 0. The summed E-state index contributed by atoms with van der Waals surface area (Å²) in [5.41, 5.74) is 6.11. The third kappa shape index (κ3) is 3.44. The van der Waals surface area contributed by atoms with Gasteiger partial charge < -0.3 is 10.6 Å². The second kappa shape index (κ2) is 4.97. The highest BCUT2D eigenvalue weighted by Crippen LogP contribution is 2.33. The molecule has 0 heterocycles. The maximum absolute atomic E-state index is 12.4. The van der Waals surface area contributed by atoms with Crippen LogP contribution in [0.3, 0.4) is 0 Å². The van der Waals surface area contributed by atoms with Crippen molar-refractivity contribution >= 4 is 5.91 Å². The molecule has 0 atom stereocenters. The highest BCUT2D eigenvalue weighted by molar-refractivity contribution is 5.78. The number of amides is 1. The average Bonchev–Trinajstić information content (AvgIpc) is 2.98. The summed E-state index contributed by atoms with van der Waals surface area (Å²) in [6, 6.07) is 0.523. The Morgan fingerprint density at radius 2 is 1.94 bits per heavy atom. The van der Waals surface area contributed by atoms with Gasteiger partial charge in [-0.15, -0.1) is 0 Å². The molecule has 0 unspecified atom stereocenters. The monoisotopic (exact) mass is 238 g/mol. The van der Waals surface area contributed by atoms with Crippen LogP contribution in [0.5, 0.6) is 0 Å². The first-order valence-electron chi connectivity index (χ1n) is 7.08. The van der Waals surface area contributed by atoms with Crippen LogP contribution < -0.4 is 5.73 Å². The zero-order chi connectivity index (χ0) is 12.5. The molecule has 2 aliphatic rings. The third-order valence-corrected chi connectivity index (χ3v) is 3.97. The van der Waals surface area contributed by atoms with Crippen molar-refractivity contribution in [3.8, 4) is 0 Å². The second-order valence-electron chi connectivity index (χ2n) is 6.42. The summed E-state index contributed by atoms with van der Waals surface area (Å²) in [5.74, 6) is 0.849. The van der Waals surface area contributed by atoms with Gasteiger partial charge >= 0.3 is 0 Å². The minimum absolute atomic E-state index is 0.193. The zero-order valence-electron chi connectivity index (χ0n) is 11.2. The van der Waals surface area contributed by atoms with Gasteiger partial charge in [-0.2, -0.15) is 0 Å². The van der Waals surface area contributed by atoms with E-state index in [0.29, 0.717) is 24.3 Å². The number of hydrogen-bond acceptors (Lipinski definition) is 2. The lowest BCUT2D eigenvalue weighted by Gasteiger charge is -2.29. The van der Waals surface area contributed by atoms with Crippen LogP contribution in [0.15, 0.2) is 0 Å². The Balaban J connectivity index is 1.91. The highest BCUT2D eigenvalue weighted by atomic mass is 16.2. The highest BCUT2D eigenvalue weighted by Gasteiger charge is 2.37. The number of carbonyl (C=O) groups is 1. The van der Waals surface area contributed by atoms with Crippen LogP contribution in [0.25, 0.3) is 0 Å². The van der Waals surface area contributed by atoms with Crippen molar-refractivity contribution in [2.75, 3.05) is 6.54 Å². The van der Waals surface area contributed by atoms with E-state index in [1.807, 2.05) is 0 Å². The minimum atomic E-state index is -0.193. The molecule has 0 spiro atoms. The van der Waals surface area contributed by atoms with Crippen LogP contribution in [0.4, 0.5) is 0 Å². The lowest BCUT2D eigenvalue weighted by molar-refractivity contribution is -0.133. The van der Waals surface area contributed by atoms with E-state index < -0.39 is 0 Å². The maximum atomic E-state index is 12.4. The first-order valence-corrected chi connectivity index (χ1v) is 7.08. The molecule has 2 fully saturated rings. The van der Waals surface area contributed by atoms with Gasteiger partial charge in [-0.3, -0.25) is 4.79 Å². The molecule has 0 aromatic heterocycles. The Kier molecular flexibility index (Phi) is 3.76. The molecule has 2 rings (SSSR count). The largest absolute Gasteiger partial charge is 0.339 e. The number of nitrogens with zero attached hydrogens (tertiary/aromatic N) is 1. The van der Waals surface area contributed by atoms with Crippen LogP contribution >= 0.6 is 0 Å². The summed E-state index contributed by atoms with van der Waals surface area (Å²) in [6.45, 7) is 5.26. The molecule has 0 bridgehead atoms. The van der Waals surface area contributed by atoms with E-state index in [0.717, 1.165) is 19.4 Å². The maximum Gasteiger partial charge on any atom is 0.224 e. The number of hydrogen-bond donors (Lipinski definition) is 1. The first kappa shape index (κ1) is 12.9. The Hall–Kier alpha value is -0.570. The quantitative estimate of drug-likeness (QED) is 0.799. The summed E-state index contributed by atoms with van der Waals surface area (Å²) in [5, 5.41) is 0. The molecule has 0 radical (unpaired) electrons. The predicted molar refractivity (Wildman–Crippen MR) is 69.6 cm³/mol. The molecule has 2 N–H and O–H groups in total. The van der Waals surface area contributed by atoms with E-state index in [9.17, 15) is 4.79 Å². The molecule has 0 aliphatic heterocycles. The van der Waals surface area contributed by atoms with Crippen LogP contribution in [0, 0.1) is 5.92 Å². The summed E-state index contributed by atoms with van der Waals surface area (Å²) in [4.78, 5) is 14.5. The van der Waals surface area contributed by atoms with Gasteiger partial charge in [-0.25, -0.2) is 0 Å². The fraction of sp³-hybridized carbons (Fsp3) is 0.929. The standard InChI is InChI=1S/C14H26N2O/c1-11(2)10-16(12-5-6-12)13(17)9-14(15)7-3-4-8-14/h11-12H,3-10,15H2,1-2H3. The molecule has 0 saturated heterocycles. The third-order valence-electron chi connectivity index (χ3n) is 3.97. The lowest BCUT2D eigenvalue weighted by atomic mass is 9.94. The summed E-state index contributed by atoms with van der Waals surface area (Å²) in [6.07, 6.45) is 7.38. The molecule has 17 heavy (non-hydrogen) atoms. The first-order chi connectivity index (χ1) is 8.00. The van der Waals surface area contributed by atoms with Crippen molar-refractivity contribution in [3.05, 3.63) is 0 Å². The van der Waals surface area contributed by atoms with E-state index >= 15 is 0 Å². The number of nitrogens with two attached hydrogens (primary N) is 1. The van der Waals surface area contributed by atoms with Crippen LogP contribution in [0.2, 0.25) is 0 Å². The van der Waals surface area contributed by atoms with E-state index in [1.54, 1.807) is 0 Å². The average molecular weight is 238 g/mol. The van der Waals surface area contributed by atoms with Crippen molar-refractivity contribution < 1.29 is 4.79 Å². The zero-order valence-corrected chi connectivity index (χ0v) is 11.2. The molecule has 2 aliphatic carbocycles. The molecular formula is C14H26N2O. The van der Waals surface area contributed by atoms with Gasteiger partial charge in [0.15, 0.2) is 0 Å². The second-order valence-corrected chi connectivity index (χ2v) is 6.42. The van der Waals surface area contributed by atoms with E-state index in [1.165, 1.54) is 25.7 Å². The molecule has 98 valence electrons. The van der Waals surface area contributed by atoms with Crippen molar-refractivity contribution in [2.24, 2.45) is 11.7 Å². The molecular weight excluding hydrogens is 212 g/mol. The Morgan fingerprint density at radius 3 is 2.41 bits per heavy atom. The Morgan fingerprint density at radius 1 is 1.35 bits per heavy atom.